The van der Waals surface area contributed by atoms with Crippen molar-refractivity contribution in [2.45, 2.75) is 19.6 Å². The molecule has 7 aromatic heterocycles. The maximum Gasteiger partial charge on any atom is 0.416 e. The quantitative estimate of drug-likeness (QED) is 0.0558. The van der Waals surface area contributed by atoms with Gasteiger partial charge in [-0.25, -0.2) is 0 Å². The standard InChI is InChI=1S/C19H15N3S.C15H10F3N3S.C15H13N3OS.C15H13N3S.C14H10ClN3S.C13H10N4S/c23-19-21-20-18(16-7-2-1-3-8-16)22(19)13-14-10-11-15-6-4-5-9-17(15)12-14;16-15(17,18)11-8-6-10(7-9-11)13-19-20-14(22)21(13)12-4-2-1-3-5-12;1-19-13-9-7-11(8-10-13)14-16-17-15(20)18(14)12-5-3-2-4-6-12;1-11-7-9-12(10-8-11)14-16-17-15(19)18(14)13-5-3-2-4-6-13;15-11-8-6-10(7-9-11)13-16-17-14(19)18(13)12-4-2-1-3-5-12;18-13-16-15-12(10-6-8-14-9-7-10)17(13)11-4-2-1-3-5-11/h1-12H,13H2,(H,21,23);1-9H,(H,20,22);2-10H,1H3,(H,17,20);2-10H,1H3,(H,17,19);1-9H,(H,17,19);1-9H,(H,16,18). The lowest BCUT2D eigenvalue weighted by Crippen LogP contribution is -2.04. The molecule has 19 rings (SSSR count). The summed E-state index contributed by atoms with van der Waals surface area (Å²) in [4.78, 5) is 4.01. The van der Waals surface area contributed by atoms with E-state index in [0.717, 1.165) is 103 Å². The number of para-hydroxylation sites is 5. The molecule has 0 atom stereocenters. The topological polar surface area (TPSA) is 224 Å². The third-order valence-corrected chi connectivity index (χ3v) is 20.5. The first-order valence-corrected chi connectivity index (χ1v) is 40.2. The molecule has 12 aromatic carbocycles. The molecule has 0 saturated carbocycles. The summed E-state index contributed by atoms with van der Waals surface area (Å²) in [6.07, 6.45) is -0.881. The van der Waals surface area contributed by atoms with Gasteiger partial charge in [0.05, 0.1) is 19.2 Å². The largest absolute Gasteiger partial charge is 0.497 e. The number of pyridine rings is 1. The van der Waals surface area contributed by atoms with Crippen molar-refractivity contribution in [2.75, 3.05) is 7.11 Å². The van der Waals surface area contributed by atoms with Crippen molar-refractivity contribution in [3.05, 3.63) is 396 Å². The number of nitrogens with zero attached hydrogens (tertiary/aromatic N) is 13. The van der Waals surface area contributed by atoms with Crippen LogP contribution in [0.15, 0.2) is 346 Å². The maximum absolute atomic E-state index is 12.6. The molecular formula is C91H71ClF3N19OS6. The number of aromatic nitrogens is 19. The number of alkyl halides is 3. The van der Waals surface area contributed by atoms with Gasteiger partial charge in [0.25, 0.3) is 0 Å². The van der Waals surface area contributed by atoms with Crippen LogP contribution in [0.5, 0.6) is 5.75 Å². The van der Waals surface area contributed by atoms with Crippen molar-refractivity contribution in [3.63, 3.8) is 0 Å². The van der Waals surface area contributed by atoms with Crippen molar-refractivity contribution in [1.82, 2.24) is 93.6 Å². The number of ether oxygens (including phenoxy) is 1. The minimum atomic E-state index is -4.36. The van der Waals surface area contributed by atoms with E-state index in [4.69, 9.17) is 89.6 Å². The molecule has 19 aromatic rings. The Hall–Kier alpha value is -13.9. The second-order valence-corrected chi connectivity index (χ2v) is 29.3. The molecule has 0 saturated heterocycles. The number of rotatable bonds is 14. The molecule has 20 nitrogen and oxygen atoms in total. The Morgan fingerprint density at radius 2 is 0.620 bits per heavy atom. The summed E-state index contributed by atoms with van der Waals surface area (Å²) in [7, 11) is 1.65. The van der Waals surface area contributed by atoms with Crippen LogP contribution in [-0.4, -0.2) is 101 Å². The summed E-state index contributed by atoms with van der Waals surface area (Å²) < 4.78 is 57.8. The van der Waals surface area contributed by atoms with Crippen LogP contribution in [0.3, 0.4) is 0 Å². The van der Waals surface area contributed by atoms with Crippen molar-refractivity contribution in [1.29, 1.82) is 0 Å². The van der Waals surface area contributed by atoms with Crippen molar-refractivity contribution >= 4 is 95.7 Å². The van der Waals surface area contributed by atoms with E-state index in [1.54, 1.807) is 24.1 Å². The van der Waals surface area contributed by atoms with E-state index in [9.17, 15) is 13.2 Å². The lowest BCUT2D eigenvalue weighted by Gasteiger charge is -2.09. The highest BCUT2D eigenvalue weighted by Gasteiger charge is 2.30. The van der Waals surface area contributed by atoms with Crippen molar-refractivity contribution in [2.24, 2.45) is 0 Å². The Labute approximate surface area is 727 Å². The molecule has 0 aliphatic heterocycles. The van der Waals surface area contributed by atoms with E-state index in [2.05, 4.69) is 140 Å². The molecule has 0 amide bonds. The smallest absolute Gasteiger partial charge is 0.416 e. The van der Waals surface area contributed by atoms with Gasteiger partial charge in [-0.15, -0.1) is 0 Å². The van der Waals surface area contributed by atoms with E-state index in [0.29, 0.717) is 51.6 Å². The highest BCUT2D eigenvalue weighted by Crippen LogP contribution is 2.33. The zero-order valence-electron chi connectivity index (χ0n) is 64.3. The first kappa shape index (κ1) is 83.6. The fourth-order valence-electron chi connectivity index (χ4n) is 12.7. The van der Waals surface area contributed by atoms with Gasteiger partial charge < -0.3 is 4.74 Å². The Morgan fingerprint density at radius 3 is 0.983 bits per heavy atom. The molecule has 600 valence electrons. The van der Waals surface area contributed by atoms with E-state index in [-0.39, 0.29) is 0 Å². The average Bonchev–Trinajstić information content (AvgIpc) is 1.51. The molecule has 0 fully saturated rings. The number of nitrogens with one attached hydrogen (secondary N) is 6. The van der Waals surface area contributed by atoms with Crippen molar-refractivity contribution < 1.29 is 17.9 Å². The predicted octanol–water partition coefficient (Wildman–Crippen LogP) is 24.2. The SMILES string of the molecule is COc1ccc(-c2n[nH]c(=S)n2-c2ccccc2)cc1.Cc1ccc(-c2n[nH]c(=S)n2-c2ccccc2)cc1.FC(F)(F)c1ccc(-c2n[nH]c(=S)n2-c2ccccc2)cc1.S=c1[nH]nc(-c2ccc(Cl)cc2)n1-c1ccccc1.S=c1[nH]nc(-c2ccccc2)n1Cc1ccc2ccccc2c1.S=c1[nH]nc(-c2ccncc2)n1-c1ccccc1. The minimum absolute atomic E-state index is 0.376. The van der Waals surface area contributed by atoms with Crippen molar-refractivity contribution in [3.8, 4) is 103 Å². The van der Waals surface area contributed by atoms with Gasteiger partial charge >= 0.3 is 6.18 Å². The number of halogens is 4. The van der Waals surface area contributed by atoms with Gasteiger partial charge in [0.2, 0.25) is 0 Å². The van der Waals surface area contributed by atoms with Gasteiger partial charge in [0.15, 0.2) is 63.6 Å². The summed E-state index contributed by atoms with van der Waals surface area (Å²) in [5.74, 6) is 5.31. The fourth-order valence-corrected chi connectivity index (χ4v) is 14.2. The fraction of sp³-hybridized carbons (Fsp3) is 0.0440. The Morgan fingerprint density at radius 1 is 0.322 bits per heavy atom. The third-order valence-electron chi connectivity index (χ3n) is 18.5. The van der Waals surface area contributed by atoms with E-state index in [1.807, 2.05) is 265 Å². The summed E-state index contributed by atoms with van der Waals surface area (Å²) in [5.41, 5.74) is 12.0. The molecule has 0 radical (unpaired) electrons. The number of aryl methyl sites for hydroxylation is 1. The van der Waals surface area contributed by atoms with Crippen LogP contribution >= 0.6 is 84.9 Å². The second kappa shape index (κ2) is 39.6. The van der Waals surface area contributed by atoms with Crippen LogP contribution in [0.4, 0.5) is 13.2 Å². The highest BCUT2D eigenvalue weighted by molar-refractivity contribution is 7.72. The number of benzene rings is 12. The number of H-pyrrole nitrogens is 6. The highest BCUT2D eigenvalue weighted by atomic mass is 35.5. The Kier molecular flexibility index (Phi) is 27.3. The second-order valence-electron chi connectivity index (χ2n) is 26.5. The van der Waals surface area contributed by atoms with Crippen LogP contribution in [0.25, 0.3) is 108 Å². The normalized spacial score (nSPS) is 10.8. The van der Waals surface area contributed by atoms with Crippen LogP contribution in [0.1, 0.15) is 16.7 Å². The van der Waals surface area contributed by atoms with Gasteiger partial charge in [-0.1, -0.05) is 211 Å². The van der Waals surface area contributed by atoms with E-state index >= 15 is 0 Å². The first-order valence-electron chi connectivity index (χ1n) is 37.3. The monoisotopic (exact) mass is 1730 g/mol. The van der Waals surface area contributed by atoms with Crippen LogP contribution in [-0.2, 0) is 12.7 Å². The van der Waals surface area contributed by atoms with E-state index in [1.165, 1.54) is 34.0 Å². The number of methoxy groups -OCH3 is 1. The van der Waals surface area contributed by atoms with Crippen LogP contribution in [0.2, 0.25) is 5.02 Å². The number of hydrogen-bond donors (Lipinski definition) is 6. The lowest BCUT2D eigenvalue weighted by molar-refractivity contribution is -0.137. The summed E-state index contributed by atoms with van der Waals surface area (Å²) in [6, 6.07) is 106. The Balaban J connectivity index is 0.000000119. The van der Waals surface area contributed by atoms with Gasteiger partial charge in [-0.2, -0.15) is 43.8 Å². The molecule has 0 aliphatic carbocycles. The molecular weight excluding hydrogens is 1660 g/mol. The summed E-state index contributed by atoms with van der Waals surface area (Å²) >= 11 is 37.8. The predicted molar refractivity (Wildman–Crippen MR) is 486 cm³/mol. The molecule has 121 heavy (non-hydrogen) atoms. The number of aromatic amines is 6. The molecule has 0 aliphatic rings. The average molecular weight is 1730 g/mol. The van der Waals surface area contributed by atoms with Gasteiger partial charge in [0.1, 0.15) is 5.75 Å². The minimum Gasteiger partial charge on any atom is -0.497 e. The van der Waals surface area contributed by atoms with Crippen LogP contribution in [0, 0.1) is 35.6 Å². The molecule has 7 heterocycles. The van der Waals surface area contributed by atoms with Crippen LogP contribution < -0.4 is 4.74 Å². The number of hydrogen-bond acceptors (Lipinski definition) is 14. The molecule has 0 spiro atoms. The molecule has 6 N–H and O–H groups in total. The first-order chi connectivity index (χ1) is 58.9. The number of fused-ring (bicyclic) bond motifs is 1. The molecule has 30 heteroatoms. The van der Waals surface area contributed by atoms with Gasteiger partial charge in [-0.3, -0.25) is 63.0 Å². The zero-order chi connectivity index (χ0) is 84.2. The third kappa shape index (κ3) is 20.6. The molecule has 0 unspecified atom stereocenters. The maximum atomic E-state index is 12.6. The Bertz CT molecular complexity index is 6850. The molecule has 0 bridgehead atoms. The van der Waals surface area contributed by atoms with Gasteiger partial charge in [0, 0.05) is 79.2 Å². The summed E-state index contributed by atoms with van der Waals surface area (Å²) in [5, 5.41) is 45.9. The van der Waals surface area contributed by atoms with E-state index < -0.39 is 11.7 Å². The zero-order valence-corrected chi connectivity index (χ0v) is 70.0. The summed E-state index contributed by atoms with van der Waals surface area (Å²) in [6.45, 7) is 2.77. The lowest BCUT2D eigenvalue weighted by atomic mass is 10.1. The van der Waals surface area contributed by atoms with Gasteiger partial charge in [-0.05, 0) is 236 Å².